The predicted molar refractivity (Wildman–Crippen MR) is 57.4 cm³/mol. The number of nitrogens with zero attached hydrogens (tertiary/aromatic N) is 2. The lowest BCUT2D eigenvalue weighted by atomic mass is 10.3. The van der Waals surface area contributed by atoms with Gasteiger partial charge in [-0.1, -0.05) is 19.8 Å². The van der Waals surface area contributed by atoms with Gasteiger partial charge in [-0.3, -0.25) is 4.68 Å². The Hall–Kier alpha value is -1.52. The van der Waals surface area contributed by atoms with Crippen molar-refractivity contribution in [3.63, 3.8) is 0 Å². The smallest absolute Gasteiger partial charge is 0.361 e. The van der Waals surface area contributed by atoms with Crippen LogP contribution >= 0.6 is 0 Å². The summed E-state index contributed by atoms with van der Waals surface area (Å²) < 4.78 is 6.53. The highest BCUT2D eigenvalue weighted by Gasteiger charge is 2.14. The lowest BCUT2D eigenvalue weighted by molar-refractivity contribution is 0.0491. The largest absolute Gasteiger partial charge is 0.461 e. The second kappa shape index (κ2) is 5.38. The van der Waals surface area contributed by atoms with Gasteiger partial charge in [0, 0.05) is 13.2 Å². The Morgan fingerprint density at radius 2 is 2.33 bits per heavy atom. The maximum atomic E-state index is 11.5. The first-order valence-electron chi connectivity index (χ1n) is 5.11. The third-order valence-electron chi connectivity index (χ3n) is 2.03. The number of carbonyl (C=O) groups excluding carboxylic acids is 1. The van der Waals surface area contributed by atoms with Crippen LogP contribution in [0, 0.1) is 0 Å². The van der Waals surface area contributed by atoms with Crippen molar-refractivity contribution in [3.8, 4) is 0 Å². The second-order valence-electron chi connectivity index (χ2n) is 3.45. The maximum absolute atomic E-state index is 11.5. The monoisotopic (exact) mass is 211 g/mol. The normalized spacial score (nSPS) is 10.3. The fraction of sp³-hybridized carbons (Fsp3) is 0.600. The SMILES string of the molecule is CCCCCOC(=O)c1nn(C)cc1N. The number of esters is 1. The Balaban J connectivity index is 2.43. The molecule has 5 heteroatoms. The number of hydrogen-bond acceptors (Lipinski definition) is 4. The number of aryl methyl sites for hydroxylation is 1. The minimum atomic E-state index is -0.441. The highest BCUT2D eigenvalue weighted by atomic mass is 16.5. The fourth-order valence-corrected chi connectivity index (χ4v) is 1.25. The van der Waals surface area contributed by atoms with Crippen LogP contribution in [0.3, 0.4) is 0 Å². The van der Waals surface area contributed by atoms with Crippen LogP contribution in [0.15, 0.2) is 6.20 Å². The number of aromatic nitrogens is 2. The third-order valence-corrected chi connectivity index (χ3v) is 2.03. The van der Waals surface area contributed by atoms with E-state index in [9.17, 15) is 4.79 Å². The minimum absolute atomic E-state index is 0.203. The molecule has 0 saturated carbocycles. The summed E-state index contributed by atoms with van der Waals surface area (Å²) in [5, 5.41) is 3.93. The van der Waals surface area contributed by atoms with Gasteiger partial charge in [0.05, 0.1) is 12.3 Å². The molecule has 0 unspecified atom stereocenters. The van der Waals surface area contributed by atoms with E-state index >= 15 is 0 Å². The van der Waals surface area contributed by atoms with Crippen molar-refractivity contribution in [2.45, 2.75) is 26.2 Å². The van der Waals surface area contributed by atoms with E-state index in [0.29, 0.717) is 12.3 Å². The zero-order valence-corrected chi connectivity index (χ0v) is 9.19. The van der Waals surface area contributed by atoms with Gasteiger partial charge >= 0.3 is 5.97 Å². The summed E-state index contributed by atoms with van der Waals surface area (Å²) in [6.45, 7) is 2.53. The zero-order valence-electron chi connectivity index (χ0n) is 9.19. The van der Waals surface area contributed by atoms with Crippen molar-refractivity contribution >= 4 is 11.7 Å². The van der Waals surface area contributed by atoms with Crippen LogP contribution in [0.4, 0.5) is 5.69 Å². The number of nitrogen functional groups attached to an aromatic ring is 1. The minimum Gasteiger partial charge on any atom is -0.461 e. The Bertz CT molecular complexity index is 333. The van der Waals surface area contributed by atoms with Crippen LogP contribution in [0.2, 0.25) is 0 Å². The zero-order chi connectivity index (χ0) is 11.3. The van der Waals surface area contributed by atoms with Gasteiger partial charge in [0.1, 0.15) is 0 Å². The van der Waals surface area contributed by atoms with Gasteiger partial charge in [0.2, 0.25) is 0 Å². The second-order valence-corrected chi connectivity index (χ2v) is 3.45. The van der Waals surface area contributed by atoms with E-state index in [4.69, 9.17) is 10.5 Å². The molecule has 0 aliphatic heterocycles. The van der Waals surface area contributed by atoms with Crippen LogP contribution < -0.4 is 5.73 Å². The highest BCUT2D eigenvalue weighted by molar-refractivity contribution is 5.92. The van der Waals surface area contributed by atoms with Gasteiger partial charge in [-0.2, -0.15) is 5.10 Å². The van der Waals surface area contributed by atoms with Crippen LogP contribution in [0.25, 0.3) is 0 Å². The summed E-state index contributed by atoms with van der Waals surface area (Å²) >= 11 is 0. The van der Waals surface area contributed by atoms with Gasteiger partial charge in [0.25, 0.3) is 0 Å². The average molecular weight is 211 g/mol. The summed E-state index contributed by atoms with van der Waals surface area (Å²) in [6, 6.07) is 0. The lowest BCUT2D eigenvalue weighted by Gasteiger charge is -2.02. The molecule has 84 valence electrons. The molecule has 1 rings (SSSR count). The molecule has 0 radical (unpaired) electrons. The highest BCUT2D eigenvalue weighted by Crippen LogP contribution is 2.09. The summed E-state index contributed by atoms with van der Waals surface area (Å²) in [6.07, 6.45) is 4.63. The molecule has 0 atom stereocenters. The predicted octanol–water partition coefficient (Wildman–Crippen LogP) is 1.35. The molecule has 0 saturated heterocycles. The Kier molecular flexibility index (Phi) is 4.15. The number of ether oxygens (including phenoxy) is 1. The third kappa shape index (κ3) is 3.27. The van der Waals surface area contributed by atoms with E-state index in [-0.39, 0.29) is 5.69 Å². The summed E-state index contributed by atoms with van der Waals surface area (Å²) in [7, 11) is 1.71. The molecule has 0 amide bonds. The molecular formula is C10H17N3O2. The Morgan fingerprint density at radius 1 is 1.60 bits per heavy atom. The molecule has 0 spiro atoms. The number of rotatable bonds is 5. The van der Waals surface area contributed by atoms with E-state index in [1.165, 1.54) is 4.68 Å². The van der Waals surface area contributed by atoms with Crippen molar-refractivity contribution in [1.29, 1.82) is 0 Å². The molecule has 0 fully saturated rings. The van der Waals surface area contributed by atoms with E-state index in [2.05, 4.69) is 12.0 Å². The molecule has 1 aromatic heterocycles. The molecule has 0 aromatic carbocycles. The first-order chi connectivity index (χ1) is 7.15. The number of hydrogen-bond donors (Lipinski definition) is 1. The summed E-state index contributed by atoms with van der Waals surface area (Å²) in [5.41, 5.74) is 6.15. The molecule has 2 N–H and O–H groups in total. The standard InChI is InChI=1S/C10H17N3O2/c1-3-4-5-6-15-10(14)9-8(11)7-13(2)12-9/h7H,3-6,11H2,1-2H3. The van der Waals surface area contributed by atoms with Gasteiger partial charge < -0.3 is 10.5 Å². The molecule has 15 heavy (non-hydrogen) atoms. The number of carbonyl (C=O) groups is 1. The molecule has 0 aliphatic rings. The fourth-order valence-electron chi connectivity index (χ4n) is 1.25. The van der Waals surface area contributed by atoms with Crippen molar-refractivity contribution in [2.24, 2.45) is 7.05 Å². The topological polar surface area (TPSA) is 70.1 Å². The van der Waals surface area contributed by atoms with Crippen molar-refractivity contribution in [1.82, 2.24) is 9.78 Å². The van der Waals surface area contributed by atoms with Crippen LogP contribution in [-0.4, -0.2) is 22.4 Å². The number of unbranched alkanes of at least 4 members (excludes halogenated alkanes) is 2. The van der Waals surface area contributed by atoms with Crippen LogP contribution in [-0.2, 0) is 11.8 Å². The van der Waals surface area contributed by atoms with E-state index < -0.39 is 5.97 Å². The van der Waals surface area contributed by atoms with Crippen molar-refractivity contribution in [2.75, 3.05) is 12.3 Å². The van der Waals surface area contributed by atoms with Gasteiger partial charge in [-0.25, -0.2) is 4.79 Å². The quantitative estimate of drug-likeness (QED) is 0.589. The van der Waals surface area contributed by atoms with Crippen LogP contribution in [0.5, 0.6) is 0 Å². The molecule has 1 aromatic rings. The van der Waals surface area contributed by atoms with Crippen molar-refractivity contribution < 1.29 is 9.53 Å². The Morgan fingerprint density at radius 3 is 2.87 bits per heavy atom. The van der Waals surface area contributed by atoms with Crippen molar-refractivity contribution in [3.05, 3.63) is 11.9 Å². The number of nitrogens with two attached hydrogens (primary N) is 1. The lowest BCUT2D eigenvalue weighted by Crippen LogP contribution is -2.09. The van der Waals surface area contributed by atoms with Gasteiger partial charge in [-0.15, -0.1) is 0 Å². The molecular weight excluding hydrogens is 194 g/mol. The molecule has 1 heterocycles. The van der Waals surface area contributed by atoms with E-state index in [1.54, 1.807) is 13.2 Å². The number of anilines is 1. The maximum Gasteiger partial charge on any atom is 0.361 e. The molecule has 0 bridgehead atoms. The Labute approximate surface area is 89.2 Å². The van der Waals surface area contributed by atoms with E-state index in [0.717, 1.165) is 19.3 Å². The first-order valence-corrected chi connectivity index (χ1v) is 5.11. The first kappa shape index (κ1) is 11.6. The summed E-state index contributed by atoms with van der Waals surface area (Å²) in [4.78, 5) is 11.5. The van der Waals surface area contributed by atoms with Gasteiger partial charge in [-0.05, 0) is 6.42 Å². The van der Waals surface area contributed by atoms with Gasteiger partial charge in [0.15, 0.2) is 5.69 Å². The molecule has 5 nitrogen and oxygen atoms in total. The molecule has 0 aliphatic carbocycles. The van der Waals surface area contributed by atoms with Crippen LogP contribution in [0.1, 0.15) is 36.7 Å². The van der Waals surface area contributed by atoms with E-state index in [1.807, 2.05) is 0 Å². The average Bonchev–Trinajstić information content (AvgIpc) is 2.52. The summed E-state index contributed by atoms with van der Waals surface area (Å²) in [5.74, 6) is -0.441.